The topological polar surface area (TPSA) is 95.9 Å². The second-order valence-corrected chi connectivity index (χ2v) is 27.4. The van der Waals surface area contributed by atoms with Crippen molar-refractivity contribution in [2.24, 2.45) is 0 Å². The highest BCUT2D eigenvalue weighted by Gasteiger charge is 2.18. The van der Waals surface area contributed by atoms with E-state index in [9.17, 15) is 19.8 Å². The maximum atomic E-state index is 12.6. The largest absolute Gasteiger partial charge is 0.466 e. The quantitative estimate of drug-likeness (QED) is 0.0320. The summed E-state index contributed by atoms with van der Waals surface area (Å²) < 4.78 is 5.51. The Morgan fingerprint density at radius 3 is 0.800 bits per heavy atom. The lowest BCUT2D eigenvalue weighted by molar-refractivity contribution is -0.143. The van der Waals surface area contributed by atoms with E-state index in [1.165, 1.54) is 392 Å². The minimum atomic E-state index is -0.844. The van der Waals surface area contributed by atoms with E-state index < -0.39 is 12.1 Å². The molecule has 0 aromatic heterocycles. The summed E-state index contributed by atoms with van der Waals surface area (Å²) in [6.07, 6.45) is 94.7. The van der Waals surface area contributed by atoms with Gasteiger partial charge in [-0.3, -0.25) is 9.59 Å². The Morgan fingerprint density at radius 1 is 0.318 bits per heavy atom. The van der Waals surface area contributed by atoms with Gasteiger partial charge in [-0.2, -0.15) is 0 Å². The van der Waals surface area contributed by atoms with E-state index in [4.69, 9.17) is 4.74 Å². The van der Waals surface area contributed by atoms with Crippen LogP contribution in [0.25, 0.3) is 0 Å². The minimum absolute atomic E-state index is 0.0231. The van der Waals surface area contributed by atoms with Crippen LogP contribution in [0.15, 0.2) is 12.2 Å². The smallest absolute Gasteiger partial charge is 0.305 e. The molecule has 0 radical (unpaired) electrons. The van der Waals surface area contributed by atoms with Gasteiger partial charge in [0, 0.05) is 12.8 Å². The Kier molecular flexibility index (Phi) is 73.8. The van der Waals surface area contributed by atoms with Crippen molar-refractivity contribution >= 4 is 11.9 Å². The van der Waals surface area contributed by atoms with Crippen LogP contribution in [0.3, 0.4) is 0 Å². The summed E-state index contributed by atoms with van der Waals surface area (Å²) in [5.74, 6) is -0.0364. The number of rotatable bonds is 75. The molecule has 0 aliphatic carbocycles. The van der Waals surface area contributed by atoms with E-state index in [1.54, 1.807) is 6.08 Å². The van der Waals surface area contributed by atoms with Crippen LogP contribution in [0.1, 0.15) is 457 Å². The van der Waals surface area contributed by atoms with Gasteiger partial charge >= 0.3 is 5.97 Å². The second-order valence-electron chi connectivity index (χ2n) is 27.4. The van der Waals surface area contributed by atoms with Gasteiger partial charge in [0.15, 0.2) is 0 Å². The Hall–Kier alpha value is -1.40. The number of unbranched alkanes of at least 4 members (excludes halogenated alkanes) is 64. The molecule has 6 nitrogen and oxygen atoms in total. The van der Waals surface area contributed by atoms with Crippen LogP contribution in [0, 0.1) is 0 Å². The summed E-state index contributed by atoms with van der Waals surface area (Å²) in [5.41, 5.74) is 0. The number of hydrogen-bond acceptors (Lipinski definition) is 5. The van der Waals surface area contributed by atoms with Crippen LogP contribution in [-0.4, -0.2) is 47.4 Å². The Labute approximate surface area is 533 Å². The van der Waals surface area contributed by atoms with Gasteiger partial charge in [0.2, 0.25) is 5.91 Å². The zero-order valence-corrected chi connectivity index (χ0v) is 58.1. The van der Waals surface area contributed by atoms with Gasteiger partial charge in [0.25, 0.3) is 0 Å². The fourth-order valence-corrected chi connectivity index (χ4v) is 12.8. The molecule has 0 rings (SSSR count). The van der Waals surface area contributed by atoms with Crippen molar-refractivity contribution in [1.29, 1.82) is 0 Å². The minimum Gasteiger partial charge on any atom is -0.466 e. The molecule has 1 amide bonds. The number of hydrogen-bond donors (Lipinski definition) is 3. The lowest BCUT2D eigenvalue weighted by Crippen LogP contribution is -2.45. The molecular formula is C79H155NO5. The summed E-state index contributed by atoms with van der Waals surface area (Å²) in [6, 6.07) is -0.627. The molecule has 0 saturated heterocycles. The third-order valence-electron chi connectivity index (χ3n) is 18.8. The normalized spacial score (nSPS) is 12.5. The van der Waals surface area contributed by atoms with E-state index in [2.05, 4.69) is 19.2 Å². The molecular weight excluding hydrogens is 1040 g/mol. The predicted molar refractivity (Wildman–Crippen MR) is 375 cm³/mol. The van der Waals surface area contributed by atoms with Gasteiger partial charge < -0.3 is 20.3 Å². The number of carbonyl (C=O) groups excluding carboxylic acids is 2. The highest BCUT2D eigenvalue weighted by molar-refractivity contribution is 5.76. The number of amides is 1. The number of nitrogens with one attached hydrogen (secondary N) is 1. The molecule has 85 heavy (non-hydrogen) atoms. The first kappa shape index (κ1) is 83.6. The van der Waals surface area contributed by atoms with Gasteiger partial charge in [0.05, 0.1) is 25.4 Å². The monoisotopic (exact) mass is 1200 g/mol. The lowest BCUT2D eigenvalue weighted by Gasteiger charge is -2.20. The molecule has 0 bridgehead atoms. The standard InChI is InChI=1S/C79H155NO5/c1-3-5-7-9-11-13-15-17-19-21-22-23-24-30-33-36-40-43-47-51-55-59-63-67-71-77(82)76(75-81)80-78(83)72-68-64-60-56-52-48-44-41-37-34-31-28-26-25-27-29-32-35-38-42-46-50-54-58-62-66-70-74-85-79(84)73-69-65-61-57-53-49-45-39-20-18-16-14-12-10-8-6-4-2/h67,71,76-77,81-82H,3-66,68-70,72-75H2,1-2H3,(H,80,83)/b71-67+. The number of allylic oxidation sites excluding steroid dienone is 1. The molecule has 506 valence electrons. The maximum Gasteiger partial charge on any atom is 0.305 e. The molecule has 0 aromatic carbocycles. The van der Waals surface area contributed by atoms with Crippen LogP contribution < -0.4 is 5.32 Å². The van der Waals surface area contributed by atoms with Crippen molar-refractivity contribution in [3.63, 3.8) is 0 Å². The summed E-state index contributed by atoms with van der Waals surface area (Å²) >= 11 is 0. The van der Waals surface area contributed by atoms with Crippen LogP contribution in [0.5, 0.6) is 0 Å². The first-order valence-corrected chi connectivity index (χ1v) is 39.5. The van der Waals surface area contributed by atoms with Crippen molar-refractivity contribution in [3.05, 3.63) is 12.2 Å². The Bertz CT molecular complexity index is 1290. The molecule has 6 heteroatoms. The molecule has 2 unspecified atom stereocenters. The average Bonchev–Trinajstić information content (AvgIpc) is 3.51. The number of esters is 1. The van der Waals surface area contributed by atoms with Crippen LogP contribution >= 0.6 is 0 Å². The zero-order chi connectivity index (χ0) is 61.3. The number of carbonyl (C=O) groups is 2. The van der Waals surface area contributed by atoms with E-state index in [0.29, 0.717) is 19.4 Å². The number of aliphatic hydroxyl groups excluding tert-OH is 2. The summed E-state index contributed by atoms with van der Waals surface area (Å²) in [7, 11) is 0. The number of ether oxygens (including phenoxy) is 1. The van der Waals surface area contributed by atoms with Gasteiger partial charge in [-0.15, -0.1) is 0 Å². The van der Waals surface area contributed by atoms with Crippen molar-refractivity contribution in [2.45, 2.75) is 469 Å². The molecule has 0 aliphatic heterocycles. The van der Waals surface area contributed by atoms with Gasteiger partial charge in [-0.05, 0) is 32.1 Å². The molecule has 3 N–H and O–H groups in total. The van der Waals surface area contributed by atoms with Crippen LogP contribution in [-0.2, 0) is 14.3 Å². The third-order valence-corrected chi connectivity index (χ3v) is 18.8. The first-order valence-electron chi connectivity index (χ1n) is 39.5. The summed E-state index contributed by atoms with van der Waals surface area (Å²) in [5, 5.41) is 23.3. The van der Waals surface area contributed by atoms with Crippen molar-refractivity contribution in [1.82, 2.24) is 5.32 Å². The highest BCUT2D eigenvalue weighted by atomic mass is 16.5. The van der Waals surface area contributed by atoms with E-state index >= 15 is 0 Å². The SMILES string of the molecule is CCCCCCCCCCCCCCCCCCCCCCCC/C=C/C(O)C(CO)NC(=O)CCCCCCCCCCCCCCCCCCCCCCCCCCCCCOC(=O)CCCCCCCCCCCCCCCCCCC. The van der Waals surface area contributed by atoms with Crippen molar-refractivity contribution < 1.29 is 24.5 Å². The van der Waals surface area contributed by atoms with Gasteiger partial charge in [-0.1, -0.05) is 424 Å². The molecule has 0 saturated carbocycles. The molecule has 0 fully saturated rings. The second kappa shape index (κ2) is 75.1. The van der Waals surface area contributed by atoms with Gasteiger partial charge in [0.1, 0.15) is 0 Å². The Morgan fingerprint density at radius 2 is 0.541 bits per heavy atom. The third kappa shape index (κ3) is 71.6. The fraction of sp³-hybridized carbons (Fsp3) is 0.949. The van der Waals surface area contributed by atoms with Crippen molar-refractivity contribution in [2.75, 3.05) is 13.2 Å². The molecule has 0 heterocycles. The molecule has 0 aliphatic rings. The first-order chi connectivity index (χ1) is 42.0. The van der Waals surface area contributed by atoms with Crippen molar-refractivity contribution in [3.8, 4) is 0 Å². The summed E-state index contributed by atoms with van der Waals surface area (Å²) in [6.45, 7) is 4.97. The molecule has 2 atom stereocenters. The summed E-state index contributed by atoms with van der Waals surface area (Å²) in [4.78, 5) is 24.7. The lowest BCUT2D eigenvalue weighted by atomic mass is 10.0. The highest BCUT2D eigenvalue weighted by Crippen LogP contribution is 2.20. The molecule has 0 aromatic rings. The van der Waals surface area contributed by atoms with E-state index in [-0.39, 0.29) is 18.5 Å². The van der Waals surface area contributed by atoms with Crippen LogP contribution in [0.4, 0.5) is 0 Å². The fourth-order valence-electron chi connectivity index (χ4n) is 12.8. The predicted octanol–water partition coefficient (Wildman–Crippen LogP) is 25.9. The zero-order valence-electron chi connectivity index (χ0n) is 58.1. The van der Waals surface area contributed by atoms with Crippen LogP contribution in [0.2, 0.25) is 0 Å². The Balaban J connectivity index is 3.36. The van der Waals surface area contributed by atoms with E-state index in [1.807, 2.05) is 6.08 Å². The van der Waals surface area contributed by atoms with E-state index in [0.717, 1.165) is 38.5 Å². The number of aliphatic hydroxyl groups is 2. The average molecular weight is 1200 g/mol. The maximum absolute atomic E-state index is 12.6. The molecule has 0 spiro atoms. The van der Waals surface area contributed by atoms with Gasteiger partial charge in [-0.25, -0.2) is 0 Å².